The lowest BCUT2D eigenvalue weighted by molar-refractivity contribution is 0.273. The van der Waals surface area contributed by atoms with Gasteiger partial charge in [-0.25, -0.2) is 0 Å². The van der Waals surface area contributed by atoms with Gasteiger partial charge in [0, 0.05) is 5.92 Å². The van der Waals surface area contributed by atoms with Crippen molar-refractivity contribution in [2.24, 2.45) is 5.92 Å². The van der Waals surface area contributed by atoms with Gasteiger partial charge < -0.3 is 4.74 Å². The van der Waals surface area contributed by atoms with Crippen LogP contribution in [0.15, 0.2) is 23.8 Å². The van der Waals surface area contributed by atoms with Crippen LogP contribution in [0.3, 0.4) is 0 Å². The van der Waals surface area contributed by atoms with Crippen LogP contribution in [0.5, 0.6) is 0 Å². The number of hydrogen-bond acceptors (Lipinski definition) is 1. The topological polar surface area (TPSA) is 12.5 Å². The molecule has 1 heteroatoms. The molecule has 2 aliphatic rings. The maximum atomic E-state index is 5.54. The third kappa shape index (κ3) is 1.13. The van der Waals surface area contributed by atoms with Gasteiger partial charge in [0.05, 0.1) is 6.61 Å². The highest BCUT2D eigenvalue weighted by Crippen LogP contribution is 2.44. The van der Waals surface area contributed by atoms with Crippen molar-refractivity contribution in [3.63, 3.8) is 0 Å². The Morgan fingerprint density at radius 1 is 1.67 bits per heavy atom. The van der Waals surface area contributed by atoms with Gasteiger partial charge in [-0.2, -0.15) is 0 Å². The molecule has 0 aromatic heterocycles. The molecule has 0 radical (unpaired) electrons. The fourth-order valence-corrected chi connectivity index (χ4v) is 2.12. The Bertz CT molecular complexity index is 233. The van der Waals surface area contributed by atoms with Gasteiger partial charge in [0.1, 0.15) is 5.60 Å². The minimum Gasteiger partial charge on any atom is -0.364 e. The summed E-state index contributed by atoms with van der Waals surface area (Å²) in [6.07, 6.45) is 9.07. The largest absolute Gasteiger partial charge is 0.364 e. The zero-order chi connectivity index (χ0) is 8.60. The molecule has 1 fully saturated rings. The van der Waals surface area contributed by atoms with Crippen molar-refractivity contribution in [1.29, 1.82) is 0 Å². The van der Waals surface area contributed by atoms with Gasteiger partial charge in [-0.05, 0) is 19.4 Å². The lowest BCUT2D eigenvalue weighted by Crippen LogP contribution is -2.24. The summed E-state index contributed by atoms with van der Waals surface area (Å²) >= 11 is 0. The second kappa shape index (κ2) is 2.74. The molecule has 1 spiro atoms. The van der Waals surface area contributed by atoms with E-state index in [1.54, 1.807) is 0 Å². The number of hydrogen-bond donors (Lipinski definition) is 0. The van der Waals surface area contributed by atoms with Crippen LogP contribution >= 0.6 is 0 Å². The average Bonchev–Trinajstić information content (AvgIpc) is 2.79. The van der Waals surface area contributed by atoms with Gasteiger partial charge in [-0.1, -0.05) is 31.1 Å². The first-order chi connectivity index (χ1) is 5.78. The molecule has 1 aliphatic heterocycles. The number of allylic oxidation sites excluding steroid dienone is 2. The van der Waals surface area contributed by atoms with E-state index in [9.17, 15) is 0 Å². The molecule has 12 heavy (non-hydrogen) atoms. The highest BCUT2D eigenvalue weighted by molar-refractivity contribution is 5.31. The van der Waals surface area contributed by atoms with E-state index in [2.05, 4.69) is 32.1 Å². The molecule has 66 valence electrons. The van der Waals surface area contributed by atoms with Crippen LogP contribution in [0.1, 0.15) is 26.7 Å². The maximum Gasteiger partial charge on any atom is 0.116 e. The number of ether oxygens (including phenoxy) is 1. The highest BCUT2D eigenvalue weighted by Gasteiger charge is 2.50. The predicted molar refractivity (Wildman–Crippen MR) is 50.0 cm³/mol. The summed E-state index contributed by atoms with van der Waals surface area (Å²) < 4.78 is 5.54. The third-order valence-corrected chi connectivity index (χ3v) is 2.93. The lowest BCUT2D eigenvalue weighted by Gasteiger charge is -2.24. The van der Waals surface area contributed by atoms with E-state index in [0.29, 0.717) is 5.92 Å². The van der Waals surface area contributed by atoms with E-state index >= 15 is 0 Å². The second-order valence-electron chi connectivity index (χ2n) is 3.85. The molecule has 2 atom stereocenters. The molecule has 0 aromatic carbocycles. The Kier molecular flexibility index (Phi) is 1.84. The van der Waals surface area contributed by atoms with E-state index < -0.39 is 0 Å². The van der Waals surface area contributed by atoms with E-state index in [4.69, 9.17) is 4.74 Å². The minimum atomic E-state index is 0.120. The van der Waals surface area contributed by atoms with Gasteiger partial charge in [-0.15, -0.1) is 0 Å². The van der Waals surface area contributed by atoms with Gasteiger partial charge in [-0.3, -0.25) is 0 Å². The zero-order valence-electron chi connectivity index (χ0n) is 7.84. The summed E-state index contributed by atoms with van der Waals surface area (Å²) in [7, 11) is 0. The van der Waals surface area contributed by atoms with Crippen molar-refractivity contribution in [1.82, 2.24) is 0 Å². The summed E-state index contributed by atoms with van der Waals surface area (Å²) in [5.41, 5.74) is 1.60. The van der Waals surface area contributed by atoms with Crippen molar-refractivity contribution in [3.8, 4) is 0 Å². The van der Waals surface area contributed by atoms with Crippen LogP contribution in [0.2, 0.25) is 0 Å². The van der Waals surface area contributed by atoms with Gasteiger partial charge in [0.2, 0.25) is 0 Å². The van der Waals surface area contributed by atoms with Crippen LogP contribution in [-0.4, -0.2) is 12.2 Å². The monoisotopic (exact) mass is 164 g/mol. The van der Waals surface area contributed by atoms with Crippen molar-refractivity contribution < 1.29 is 4.74 Å². The summed E-state index contributed by atoms with van der Waals surface area (Å²) in [5.74, 6) is 0.646. The Morgan fingerprint density at radius 3 is 3.00 bits per heavy atom. The van der Waals surface area contributed by atoms with E-state index in [1.165, 1.54) is 18.4 Å². The third-order valence-electron chi connectivity index (χ3n) is 2.93. The number of rotatable bonds is 2. The van der Waals surface area contributed by atoms with E-state index in [1.807, 2.05) is 0 Å². The Hall–Kier alpha value is -0.560. The van der Waals surface area contributed by atoms with Gasteiger partial charge >= 0.3 is 0 Å². The number of epoxide rings is 1. The Balaban J connectivity index is 2.16. The fourth-order valence-electron chi connectivity index (χ4n) is 2.12. The molecule has 1 saturated heterocycles. The molecule has 1 nitrogen and oxygen atoms in total. The highest BCUT2D eigenvalue weighted by atomic mass is 16.6. The van der Waals surface area contributed by atoms with E-state index in [-0.39, 0.29) is 5.60 Å². The van der Waals surface area contributed by atoms with Crippen LogP contribution in [-0.2, 0) is 4.74 Å². The van der Waals surface area contributed by atoms with Crippen molar-refractivity contribution in [2.75, 3.05) is 6.61 Å². The average molecular weight is 164 g/mol. The standard InChI is InChI=1S/C11H16O/c1-3-5-10-9(2)6-4-7-11(10)8-12-11/h4,6-7,10H,3,5,8H2,1-2H3. The van der Waals surface area contributed by atoms with Crippen LogP contribution in [0, 0.1) is 5.92 Å². The first-order valence-corrected chi connectivity index (χ1v) is 4.78. The molecule has 0 amide bonds. The summed E-state index contributed by atoms with van der Waals surface area (Å²) in [6.45, 7) is 5.38. The fraction of sp³-hybridized carbons (Fsp3) is 0.636. The molecule has 0 N–H and O–H groups in total. The Labute approximate surface area is 74.1 Å². The smallest absolute Gasteiger partial charge is 0.116 e. The van der Waals surface area contributed by atoms with Crippen molar-refractivity contribution in [3.05, 3.63) is 23.8 Å². The molecule has 0 saturated carbocycles. The molecular formula is C11H16O. The zero-order valence-corrected chi connectivity index (χ0v) is 7.84. The molecule has 2 unspecified atom stereocenters. The minimum absolute atomic E-state index is 0.120. The molecule has 1 heterocycles. The van der Waals surface area contributed by atoms with E-state index in [0.717, 1.165) is 6.61 Å². The molecule has 2 rings (SSSR count). The maximum absolute atomic E-state index is 5.54. The molecule has 1 aliphatic carbocycles. The predicted octanol–water partition coefficient (Wildman–Crippen LogP) is 2.69. The molecular weight excluding hydrogens is 148 g/mol. The van der Waals surface area contributed by atoms with Crippen LogP contribution < -0.4 is 0 Å². The second-order valence-corrected chi connectivity index (χ2v) is 3.85. The summed E-state index contributed by atoms with van der Waals surface area (Å²) in [5, 5.41) is 0. The quantitative estimate of drug-likeness (QED) is 0.572. The first-order valence-electron chi connectivity index (χ1n) is 4.78. The van der Waals surface area contributed by atoms with Crippen molar-refractivity contribution >= 4 is 0 Å². The first kappa shape index (κ1) is 8.06. The summed E-state index contributed by atoms with van der Waals surface area (Å²) in [6, 6.07) is 0. The molecule has 0 aromatic rings. The summed E-state index contributed by atoms with van der Waals surface area (Å²) in [4.78, 5) is 0. The van der Waals surface area contributed by atoms with Crippen LogP contribution in [0.25, 0.3) is 0 Å². The Morgan fingerprint density at radius 2 is 2.42 bits per heavy atom. The van der Waals surface area contributed by atoms with Gasteiger partial charge in [0.15, 0.2) is 0 Å². The SMILES string of the molecule is CCCC1C(C)=CC=CC12CO2. The normalized spacial score (nSPS) is 38.5. The van der Waals surface area contributed by atoms with Crippen LogP contribution in [0.4, 0.5) is 0 Å². The lowest BCUT2D eigenvalue weighted by atomic mass is 9.80. The van der Waals surface area contributed by atoms with Gasteiger partial charge in [0.25, 0.3) is 0 Å². The molecule has 0 bridgehead atoms. The van der Waals surface area contributed by atoms with Crippen molar-refractivity contribution in [2.45, 2.75) is 32.3 Å².